The molecule has 2 heterocycles. The van der Waals surface area contributed by atoms with Crippen LogP contribution in [0.1, 0.15) is 35.2 Å². The Labute approximate surface area is 189 Å². The predicted molar refractivity (Wildman–Crippen MR) is 122 cm³/mol. The van der Waals surface area contributed by atoms with Gasteiger partial charge in [-0.3, -0.25) is 4.79 Å². The maximum atomic E-state index is 12.7. The number of carbonyl (C=O) groups excluding carboxylic acids is 1. The van der Waals surface area contributed by atoms with Crippen molar-refractivity contribution in [2.75, 3.05) is 40.5 Å². The second kappa shape index (κ2) is 10.6. The van der Waals surface area contributed by atoms with Crippen molar-refractivity contribution in [3.05, 3.63) is 53.3 Å². The molecule has 0 amide bonds. The standard InChI is InChI=1S/C24H27NO5.ClH/c1-27-18-7-6-17(21(15-18)28-2)14-23-24(26)20-9-8-19(16-22(20)30-23)29-13-5-12-25-10-3-4-11-25;/h6-9,14-16H,3-5,10-13H2,1-2H3;1H/b23-14-;. The van der Waals surface area contributed by atoms with Crippen LogP contribution in [0.4, 0.5) is 0 Å². The molecule has 0 spiro atoms. The third-order valence-electron chi connectivity index (χ3n) is 5.45. The van der Waals surface area contributed by atoms with Crippen LogP contribution in [0, 0.1) is 0 Å². The highest BCUT2D eigenvalue weighted by molar-refractivity contribution is 6.14. The lowest BCUT2D eigenvalue weighted by molar-refractivity contribution is 0.101. The molecule has 0 aliphatic carbocycles. The van der Waals surface area contributed by atoms with Crippen LogP contribution in [0.2, 0.25) is 0 Å². The number of benzene rings is 2. The molecule has 6 nitrogen and oxygen atoms in total. The van der Waals surface area contributed by atoms with Crippen molar-refractivity contribution >= 4 is 24.3 Å². The molecular formula is C24H28ClNO5. The number of rotatable bonds is 8. The third-order valence-corrected chi connectivity index (χ3v) is 5.45. The van der Waals surface area contributed by atoms with Crippen LogP contribution in [-0.4, -0.2) is 51.1 Å². The smallest absolute Gasteiger partial charge is 0.231 e. The molecule has 1 saturated heterocycles. The lowest BCUT2D eigenvalue weighted by atomic mass is 10.1. The van der Waals surface area contributed by atoms with Gasteiger partial charge in [-0.15, -0.1) is 12.4 Å². The van der Waals surface area contributed by atoms with E-state index in [0.717, 1.165) is 18.5 Å². The Hall–Kier alpha value is -2.70. The van der Waals surface area contributed by atoms with E-state index in [1.165, 1.54) is 25.9 Å². The molecule has 0 atom stereocenters. The number of nitrogens with zero attached hydrogens (tertiary/aromatic N) is 1. The Morgan fingerprint density at radius 2 is 1.81 bits per heavy atom. The number of carbonyl (C=O) groups is 1. The normalized spacial score (nSPS) is 16.6. The minimum absolute atomic E-state index is 0. The van der Waals surface area contributed by atoms with E-state index in [9.17, 15) is 4.79 Å². The fraction of sp³-hybridized carbons (Fsp3) is 0.375. The Balaban J connectivity index is 0.00000272. The van der Waals surface area contributed by atoms with Crippen molar-refractivity contribution in [1.29, 1.82) is 0 Å². The van der Waals surface area contributed by atoms with Gasteiger partial charge in [0.25, 0.3) is 0 Å². The highest BCUT2D eigenvalue weighted by atomic mass is 35.5. The summed E-state index contributed by atoms with van der Waals surface area (Å²) in [6.45, 7) is 4.11. The van der Waals surface area contributed by atoms with Crippen molar-refractivity contribution in [2.24, 2.45) is 0 Å². The first-order valence-corrected chi connectivity index (χ1v) is 10.3. The maximum absolute atomic E-state index is 12.7. The fourth-order valence-electron chi connectivity index (χ4n) is 3.82. The molecule has 1 fully saturated rings. The number of ketones is 1. The molecule has 4 rings (SSSR count). The molecule has 2 aliphatic heterocycles. The van der Waals surface area contributed by atoms with E-state index in [1.807, 2.05) is 18.2 Å². The summed E-state index contributed by atoms with van der Waals surface area (Å²) in [6.07, 6.45) is 5.28. The Bertz CT molecular complexity index is 953. The summed E-state index contributed by atoms with van der Waals surface area (Å²) >= 11 is 0. The maximum Gasteiger partial charge on any atom is 0.231 e. The van der Waals surface area contributed by atoms with Gasteiger partial charge in [0.1, 0.15) is 23.0 Å². The lowest BCUT2D eigenvalue weighted by Gasteiger charge is -2.14. The largest absolute Gasteiger partial charge is 0.497 e. The van der Waals surface area contributed by atoms with Gasteiger partial charge in [0.15, 0.2) is 5.76 Å². The molecule has 2 aliphatic rings. The van der Waals surface area contributed by atoms with Crippen molar-refractivity contribution in [1.82, 2.24) is 4.90 Å². The fourth-order valence-corrected chi connectivity index (χ4v) is 3.82. The first-order valence-electron chi connectivity index (χ1n) is 10.3. The number of ether oxygens (including phenoxy) is 4. The van der Waals surface area contributed by atoms with E-state index in [2.05, 4.69) is 4.90 Å². The van der Waals surface area contributed by atoms with Gasteiger partial charge in [0.2, 0.25) is 5.78 Å². The average molecular weight is 446 g/mol. The molecule has 31 heavy (non-hydrogen) atoms. The van der Waals surface area contributed by atoms with E-state index in [0.29, 0.717) is 35.2 Å². The van der Waals surface area contributed by atoms with Gasteiger partial charge in [-0.25, -0.2) is 0 Å². The second-order valence-electron chi connectivity index (χ2n) is 7.46. The Kier molecular flexibility index (Phi) is 7.82. The summed E-state index contributed by atoms with van der Waals surface area (Å²) in [5, 5.41) is 0. The van der Waals surface area contributed by atoms with Gasteiger partial charge >= 0.3 is 0 Å². The minimum Gasteiger partial charge on any atom is -0.497 e. The molecule has 0 N–H and O–H groups in total. The Morgan fingerprint density at radius 3 is 2.55 bits per heavy atom. The van der Waals surface area contributed by atoms with Gasteiger partial charge in [-0.05, 0) is 62.7 Å². The number of allylic oxidation sites excluding steroid dienone is 1. The number of Topliss-reactive ketones (excluding diaryl/α,β-unsaturated/α-hetero) is 1. The zero-order valence-corrected chi connectivity index (χ0v) is 18.7. The molecule has 0 aromatic heterocycles. The van der Waals surface area contributed by atoms with Crippen molar-refractivity contribution in [2.45, 2.75) is 19.3 Å². The first kappa shape index (κ1) is 23.0. The summed E-state index contributed by atoms with van der Waals surface area (Å²) in [5.74, 6) is 2.64. The molecule has 7 heteroatoms. The van der Waals surface area contributed by atoms with Gasteiger partial charge in [0, 0.05) is 24.2 Å². The predicted octanol–water partition coefficient (Wildman–Crippen LogP) is 4.61. The highest BCUT2D eigenvalue weighted by Crippen LogP contribution is 2.36. The summed E-state index contributed by atoms with van der Waals surface area (Å²) in [5.41, 5.74) is 1.28. The molecule has 0 bridgehead atoms. The summed E-state index contributed by atoms with van der Waals surface area (Å²) in [4.78, 5) is 15.2. The number of fused-ring (bicyclic) bond motifs is 1. The molecule has 0 unspecified atom stereocenters. The van der Waals surface area contributed by atoms with Crippen LogP contribution in [0.3, 0.4) is 0 Å². The van der Waals surface area contributed by atoms with Gasteiger partial charge in [0.05, 0.1) is 26.4 Å². The SMILES string of the molecule is COc1ccc(/C=C2\Oc3cc(OCCCN4CCCC4)ccc3C2=O)c(OC)c1.Cl. The molecule has 0 radical (unpaired) electrons. The minimum atomic E-state index is -0.150. The van der Waals surface area contributed by atoms with Gasteiger partial charge in [-0.2, -0.15) is 0 Å². The third kappa shape index (κ3) is 5.32. The quantitative estimate of drug-likeness (QED) is 0.437. The number of halogens is 1. The van der Waals surface area contributed by atoms with Crippen molar-refractivity contribution < 1.29 is 23.7 Å². The first-order chi connectivity index (χ1) is 14.7. The highest BCUT2D eigenvalue weighted by Gasteiger charge is 2.28. The number of hydrogen-bond acceptors (Lipinski definition) is 6. The van der Waals surface area contributed by atoms with Crippen LogP contribution < -0.4 is 18.9 Å². The molecule has 0 saturated carbocycles. The van der Waals surface area contributed by atoms with E-state index in [-0.39, 0.29) is 23.9 Å². The molecule has 166 valence electrons. The van der Waals surface area contributed by atoms with Crippen molar-refractivity contribution in [3.63, 3.8) is 0 Å². The number of hydrogen-bond donors (Lipinski definition) is 0. The van der Waals surface area contributed by atoms with Gasteiger partial charge in [-0.1, -0.05) is 0 Å². The van der Waals surface area contributed by atoms with E-state index in [4.69, 9.17) is 18.9 Å². The topological polar surface area (TPSA) is 57.2 Å². The lowest BCUT2D eigenvalue weighted by Crippen LogP contribution is -2.21. The van der Waals surface area contributed by atoms with E-state index < -0.39 is 0 Å². The number of methoxy groups -OCH3 is 2. The second-order valence-corrected chi connectivity index (χ2v) is 7.46. The molecule has 2 aromatic rings. The van der Waals surface area contributed by atoms with Crippen LogP contribution in [0.25, 0.3) is 6.08 Å². The monoisotopic (exact) mass is 445 g/mol. The van der Waals surface area contributed by atoms with Crippen LogP contribution >= 0.6 is 12.4 Å². The summed E-state index contributed by atoms with van der Waals surface area (Å²) < 4.78 is 22.3. The zero-order valence-electron chi connectivity index (χ0n) is 17.9. The van der Waals surface area contributed by atoms with E-state index >= 15 is 0 Å². The summed E-state index contributed by atoms with van der Waals surface area (Å²) in [6, 6.07) is 10.8. The molecule has 2 aromatic carbocycles. The van der Waals surface area contributed by atoms with Crippen LogP contribution in [0.15, 0.2) is 42.2 Å². The number of likely N-dealkylation sites (tertiary alicyclic amines) is 1. The van der Waals surface area contributed by atoms with E-state index in [1.54, 1.807) is 38.5 Å². The van der Waals surface area contributed by atoms with Crippen LogP contribution in [0.5, 0.6) is 23.0 Å². The molecular weight excluding hydrogens is 418 g/mol. The summed E-state index contributed by atoms with van der Waals surface area (Å²) in [7, 11) is 3.18. The average Bonchev–Trinajstić information content (AvgIpc) is 3.39. The zero-order chi connectivity index (χ0) is 20.9. The van der Waals surface area contributed by atoms with Crippen LogP contribution in [-0.2, 0) is 0 Å². The van der Waals surface area contributed by atoms with Gasteiger partial charge < -0.3 is 23.8 Å². The Morgan fingerprint density at radius 1 is 1.03 bits per heavy atom. The van der Waals surface area contributed by atoms with Crippen molar-refractivity contribution in [3.8, 4) is 23.0 Å².